The van der Waals surface area contributed by atoms with Gasteiger partial charge in [-0.15, -0.1) is 11.8 Å². The van der Waals surface area contributed by atoms with Gasteiger partial charge in [0.1, 0.15) is 0 Å². The molecule has 0 saturated carbocycles. The second-order valence-electron chi connectivity index (χ2n) is 5.05. The number of hydrogen-bond acceptors (Lipinski definition) is 2. The Balaban J connectivity index is 2.76. The van der Waals surface area contributed by atoms with Crippen molar-refractivity contribution in [2.75, 3.05) is 0 Å². The molecule has 1 rings (SSSR count). The van der Waals surface area contributed by atoms with Crippen molar-refractivity contribution in [1.82, 2.24) is 5.32 Å². The Labute approximate surface area is 122 Å². The van der Waals surface area contributed by atoms with Crippen molar-refractivity contribution in [3.8, 4) is 0 Å². The third-order valence-electron chi connectivity index (χ3n) is 2.08. The van der Waals surface area contributed by atoms with E-state index < -0.39 is 0 Å². The average Bonchev–Trinajstić information content (AvgIpc) is 2.21. The van der Waals surface area contributed by atoms with Crippen molar-refractivity contribution >= 4 is 40.9 Å². The first-order valence-electron chi connectivity index (χ1n) is 5.63. The highest BCUT2D eigenvalue weighted by atomic mass is 35.5. The molecule has 1 aromatic carbocycles. The van der Waals surface area contributed by atoms with Crippen LogP contribution < -0.4 is 5.32 Å². The molecule has 5 heteroatoms. The summed E-state index contributed by atoms with van der Waals surface area (Å²) in [4.78, 5) is 12.7. The van der Waals surface area contributed by atoms with Crippen molar-refractivity contribution in [3.05, 3.63) is 28.2 Å². The van der Waals surface area contributed by atoms with Gasteiger partial charge in [-0.25, -0.2) is 0 Å². The standard InChI is InChI=1S/C13H17Cl2NOS/c1-8(12(17)16-13(2,3)4)18-11-9(14)6-5-7-10(11)15/h5-8H,1-4H3,(H,16,17)/t8-/m0/s1. The molecule has 0 unspecified atom stereocenters. The van der Waals surface area contributed by atoms with Crippen LogP contribution in [0.5, 0.6) is 0 Å². The predicted molar refractivity (Wildman–Crippen MR) is 79.7 cm³/mol. The van der Waals surface area contributed by atoms with E-state index in [0.29, 0.717) is 10.0 Å². The van der Waals surface area contributed by atoms with Gasteiger partial charge in [0.2, 0.25) is 5.91 Å². The minimum atomic E-state index is -0.248. The lowest BCUT2D eigenvalue weighted by Crippen LogP contribution is -2.44. The van der Waals surface area contributed by atoms with Crippen molar-refractivity contribution in [2.24, 2.45) is 0 Å². The summed E-state index contributed by atoms with van der Waals surface area (Å²) in [5.41, 5.74) is -0.240. The highest BCUT2D eigenvalue weighted by Crippen LogP contribution is 2.36. The summed E-state index contributed by atoms with van der Waals surface area (Å²) in [6, 6.07) is 5.32. The normalized spacial score (nSPS) is 13.2. The van der Waals surface area contributed by atoms with Gasteiger partial charge in [0.15, 0.2) is 0 Å². The van der Waals surface area contributed by atoms with Gasteiger partial charge in [-0.05, 0) is 39.8 Å². The average molecular weight is 306 g/mol. The van der Waals surface area contributed by atoms with Crippen LogP contribution in [0.25, 0.3) is 0 Å². The lowest BCUT2D eigenvalue weighted by molar-refractivity contribution is -0.121. The molecule has 0 radical (unpaired) electrons. The van der Waals surface area contributed by atoms with Crippen LogP contribution in [0.4, 0.5) is 0 Å². The number of nitrogens with one attached hydrogen (secondary N) is 1. The maximum absolute atomic E-state index is 12.0. The van der Waals surface area contributed by atoms with E-state index in [2.05, 4.69) is 5.32 Å². The minimum Gasteiger partial charge on any atom is -0.351 e. The Hall–Kier alpha value is -0.380. The Morgan fingerprint density at radius 1 is 1.28 bits per heavy atom. The number of carbonyl (C=O) groups is 1. The molecule has 1 N–H and O–H groups in total. The largest absolute Gasteiger partial charge is 0.351 e. The van der Waals surface area contributed by atoms with Crippen LogP contribution >= 0.6 is 35.0 Å². The van der Waals surface area contributed by atoms with E-state index in [0.717, 1.165) is 4.90 Å². The Kier molecular flexibility index (Phi) is 5.38. The lowest BCUT2D eigenvalue weighted by atomic mass is 10.1. The summed E-state index contributed by atoms with van der Waals surface area (Å²) in [6.45, 7) is 7.69. The van der Waals surface area contributed by atoms with Gasteiger partial charge >= 0.3 is 0 Å². The molecule has 0 fully saturated rings. The van der Waals surface area contributed by atoms with Crippen LogP contribution in [-0.4, -0.2) is 16.7 Å². The van der Waals surface area contributed by atoms with E-state index in [1.54, 1.807) is 18.2 Å². The van der Waals surface area contributed by atoms with E-state index >= 15 is 0 Å². The van der Waals surface area contributed by atoms with Crippen LogP contribution in [0.1, 0.15) is 27.7 Å². The van der Waals surface area contributed by atoms with Crippen LogP contribution in [-0.2, 0) is 4.79 Å². The third kappa shape index (κ3) is 4.71. The quantitative estimate of drug-likeness (QED) is 0.839. The first-order valence-corrected chi connectivity index (χ1v) is 7.27. The van der Waals surface area contributed by atoms with Crippen LogP contribution in [0.15, 0.2) is 23.1 Å². The zero-order valence-electron chi connectivity index (χ0n) is 10.9. The molecule has 2 nitrogen and oxygen atoms in total. The first-order chi connectivity index (χ1) is 8.20. The summed E-state index contributed by atoms with van der Waals surface area (Å²) in [5.74, 6) is -0.0245. The second-order valence-corrected chi connectivity index (χ2v) is 7.22. The predicted octanol–water partition coefficient (Wildman–Crippen LogP) is 4.39. The fraction of sp³-hybridized carbons (Fsp3) is 0.462. The van der Waals surface area contributed by atoms with E-state index in [-0.39, 0.29) is 16.7 Å². The molecule has 1 atom stereocenters. The molecule has 100 valence electrons. The fourth-order valence-corrected chi connectivity index (χ4v) is 2.84. The molecule has 0 bridgehead atoms. The Morgan fingerprint density at radius 3 is 2.22 bits per heavy atom. The van der Waals surface area contributed by atoms with Gasteiger partial charge in [0.25, 0.3) is 0 Å². The summed E-state index contributed by atoms with van der Waals surface area (Å²) in [6.07, 6.45) is 0. The molecule has 0 aliphatic heterocycles. The van der Waals surface area contributed by atoms with Crippen molar-refractivity contribution in [2.45, 2.75) is 43.4 Å². The molecular weight excluding hydrogens is 289 g/mol. The number of hydrogen-bond donors (Lipinski definition) is 1. The zero-order chi connectivity index (χ0) is 13.9. The molecule has 0 heterocycles. The zero-order valence-corrected chi connectivity index (χ0v) is 13.2. The highest BCUT2D eigenvalue weighted by molar-refractivity contribution is 8.00. The SMILES string of the molecule is C[C@H](Sc1c(Cl)cccc1Cl)C(=O)NC(C)(C)C. The van der Waals surface area contributed by atoms with Crippen molar-refractivity contribution in [1.29, 1.82) is 0 Å². The van der Waals surface area contributed by atoms with Crippen LogP contribution in [0.3, 0.4) is 0 Å². The third-order valence-corrected chi connectivity index (χ3v) is 4.18. The van der Waals surface area contributed by atoms with Gasteiger partial charge in [0.05, 0.1) is 15.3 Å². The van der Waals surface area contributed by atoms with Gasteiger partial charge in [0, 0.05) is 10.4 Å². The summed E-state index contributed by atoms with van der Waals surface area (Å²) in [7, 11) is 0. The molecule has 1 aromatic rings. The summed E-state index contributed by atoms with van der Waals surface area (Å²) in [5, 5.41) is 3.83. The summed E-state index contributed by atoms with van der Waals surface area (Å²) < 4.78 is 0. The molecular formula is C13H17Cl2NOS. The Bertz CT molecular complexity index is 423. The molecule has 1 amide bonds. The van der Waals surface area contributed by atoms with Crippen LogP contribution in [0, 0.1) is 0 Å². The van der Waals surface area contributed by atoms with Gasteiger partial charge in [-0.3, -0.25) is 4.79 Å². The van der Waals surface area contributed by atoms with Gasteiger partial charge in [-0.1, -0.05) is 29.3 Å². The maximum atomic E-state index is 12.0. The number of halogens is 2. The van der Waals surface area contributed by atoms with Crippen LogP contribution in [0.2, 0.25) is 10.0 Å². The second kappa shape index (κ2) is 6.18. The van der Waals surface area contributed by atoms with E-state index in [4.69, 9.17) is 23.2 Å². The summed E-state index contributed by atoms with van der Waals surface area (Å²) >= 11 is 13.5. The number of carbonyl (C=O) groups excluding carboxylic acids is 1. The number of thioether (sulfide) groups is 1. The number of benzene rings is 1. The molecule has 0 aliphatic rings. The number of rotatable bonds is 3. The highest BCUT2D eigenvalue weighted by Gasteiger charge is 2.21. The Morgan fingerprint density at radius 2 is 1.78 bits per heavy atom. The number of amides is 1. The van der Waals surface area contributed by atoms with Crippen molar-refractivity contribution < 1.29 is 4.79 Å². The minimum absolute atomic E-state index is 0.0245. The van der Waals surface area contributed by atoms with Crippen molar-refractivity contribution in [3.63, 3.8) is 0 Å². The maximum Gasteiger partial charge on any atom is 0.233 e. The molecule has 0 saturated heterocycles. The van der Waals surface area contributed by atoms with Gasteiger partial charge in [-0.2, -0.15) is 0 Å². The van der Waals surface area contributed by atoms with Gasteiger partial charge < -0.3 is 5.32 Å². The smallest absolute Gasteiger partial charge is 0.233 e. The molecule has 0 aliphatic carbocycles. The first kappa shape index (κ1) is 15.7. The van der Waals surface area contributed by atoms with E-state index in [1.165, 1.54) is 11.8 Å². The molecule has 0 spiro atoms. The molecule has 18 heavy (non-hydrogen) atoms. The van der Waals surface area contributed by atoms with E-state index in [1.807, 2.05) is 27.7 Å². The monoisotopic (exact) mass is 305 g/mol. The topological polar surface area (TPSA) is 29.1 Å². The molecule has 0 aromatic heterocycles. The van der Waals surface area contributed by atoms with E-state index in [9.17, 15) is 4.79 Å². The fourth-order valence-electron chi connectivity index (χ4n) is 1.30. The lowest BCUT2D eigenvalue weighted by Gasteiger charge is -2.23.